The van der Waals surface area contributed by atoms with Crippen molar-refractivity contribution in [3.8, 4) is 0 Å². The smallest absolute Gasteiger partial charge is 0.202 e. The largest absolute Gasteiger partial charge is 0.373 e. The van der Waals surface area contributed by atoms with Gasteiger partial charge in [0.1, 0.15) is 6.61 Å². The zero-order valence-electron chi connectivity index (χ0n) is 9.62. The SMILES string of the molecule is CCCOCc1nsc(NCC(C)C)n1. The van der Waals surface area contributed by atoms with Gasteiger partial charge < -0.3 is 10.1 Å². The predicted molar refractivity (Wildman–Crippen MR) is 63.2 cm³/mol. The normalized spacial score (nSPS) is 10.9. The third-order valence-electron chi connectivity index (χ3n) is 1.71. The molecule has 0 spiro atoms. The molecule has 5 heteroatoms. The van der Waals surface area contributed by atoms with Crippen LogP contribution in [0.15, 0.2) is 0 Å². The van der Waals surface area contributed by atoms with E-state index < -0.39 is 0 Å². The minimum Gasteiger partial charge on any atom is -0.373 e. The maximum atomic E-state index is 5.36. The van der Waals surface area contributed by atoms with Crippen LogP contribution in [0.3, 0.4) is 0 Å². The topological polar surface area (TPSA) is 47.0 Å². The molecular formula is C10H19N3OS. The molecule has 1 rings (SSSR count). The van der Waals surface area contributed by atoms with Gasteiger partial charge in [-0.2, -0.15) is 4.37 Å². The molecule has 15 heavy (non-hydrogen) atoms. The lowest BCUT2D eigenvalue weighted by atomic mass is 10.2. The molecule has 0 unspecified atom stereocenters. The second-order valence-electron chi connectivity index (χ2n) is 3.84. The number of anilines is 1. The summed E-state index contributed by atoms with van der Waals surface area (Å²) in [5.74, 6) is 1.40. The van der Waals surface area contributed by atoms with Crippen LogP contribution in [0.2, 0.25) is 0 Å². The molecule has 0 bridgehead atoms. The molecule has 0 fully saturated rings. The van der Waals surface area contributed by atoms with Crippen LogP contribution in [0, 0.1) is 5.92 Å². The van der Waals surface area contributed by atoms with Gasteiger partial charge in [0.05, 0.1) is 0 Å². The zero-order chi connectivity index (χ0) is 11.1. The first kappa shape index (κ1) is 12.4. The highest BCUT2D eigenvalue weighted by atomic mass is 32.1. The fraction of sp³-hybridized carbons (Fsp3) is 0.800. The lowest BCUT2D eigenvalue weighted by Gasteiger charge is -2.03. The second-order valence-corrected chi connectivity index (χ2v) is 4.59. The number of aromatic nitrogens is 2. The van der Waals surface area contributed by atoms with Gasteiger partial charge in [-0.1, -0.05) is 20.8 Å². The monoisotopic (exact) mass is 229 g/mol. The summed E-state index contributed by atoms with van der Waals surface area (Å²) >= 11 is 1.40. The van der Waals surface area contributed by atoms with Gasteiger partial charge in [-0.3, -0.25) is 0 Å². The number of nitrogens with one attached hydrogen (secondary N) is 1. The summed E-state index contributed by atoms with van der Waals surface area (Å²) in [7, 11) is 0. The molecule has 1 heterocycles. The Morgan fingerprint density at radius 3 is 2.93 bits per heavy atom. The second kappa shape index (κ2) is 6.74. The Hall–Kier alpha value is -0.680. The summed E-state index contributed by atoms with van der Waals surface area (Å²) < 4.78 is 9.57. The van der Waals surface area contributed by atoms with Crippen molar-refractivity contribution in [2.45, 2.75) is 33.8 Å². The van der Waals surface area contributed by atoms with Gasteiger partial charge in [0.25, 0.3) is 0 Å². The third-order valence-corrected chi connectivity index (χ3v) is 2.42. The first-order chi connectivity index (χ1) is 7.22. The molecule has 0 radical (unpaired) electrons. The lowest BCUT2D eigenvalue weighted by molar-refractivity contribution is 0.117. The molecule has 0 aromatic carbocycles. The minimum absolute atomic E-state index is 0.522. The summed E-state index contributed by atoms with van der Waals surface area (Å²) in [5, 5.41) is 4.13. The van der Waals surface area contributed by atoms with Gasteiger partial charge >= 0.3 is 0 Å². The van der Waals surface area contributed by atoms with Gasteiger partial charge in [0, 0.05) is 24.7 Å². The molecule has 0 amide bonds. The van der Waals surface area contributed by atoms with E-state index in [9.17, 15) is 0 Å². The number of ether oxygens (including phenoxy) is 1. The number of hydrogen-bond acceptors (Lipinski definition) is 5. The average molecular weight is 229 g/mol. The van der Waals surface area contributed by atoms with E-state index in [1.54, 1.807) is 0 Å². The van der Waals surface area contributed by atoms with E-state index in [0.717, 1.165) is 30.5 Å². The molecule has 86 valence electrons. The van der Waals surface area contributed by atoms with Crippen molar-refractivity contribution < 1.29 is 4.74 Å². The maximum absolute atomic E-state index is 5.36. The van der Waals surface area contributed by atoms with Crippen molar-refractivity contribution in [1.82, 2.24) is 9.36 Å². The van der Waals surface area contributed by atoms with Crippen LogP contribution in [0.4, 0.5) is 5.13 Å². The van der Waals surface area contributed by atoms with Crippen molar-refractivity contribution >= 4 is 16.7 Å². The summed E-state index contributed by atoms with van der Waals surface area (Å²) in [6.45, 7) is 8.65. The van der Waals surface area contributed by atoms with E-state index >= 15 is 0 Å². The highest BCUT2D eigenvalue weighted by Gasteiger charge is 2.03. The Morgan fingerprint density at radius 1 is 1.47 bits per heavy atom. The van der Waals surface area contributed by atoms with E-state index in [4.69, 9.17) is 4.74 Å². The molecule has 0 aliphatic rings. The maximum Gasteiger partial charge on any atom is 0.202 e. The van der Waals surface area contributed by atoms with E-state index in [1.807, 2.05) is 0 Å². The molecule has 1 aromatic heterocycles. The van der Waals surface area contributed by atoms with E-state index in [-0.39, 0.29) is 0 Å². The van der Waals surface area contributed by atoms with Crippen LogP contribution in [0.25, 0.3) is 0 Å². The molecule has 0 aliphatic heterocycles. The van der Waals surface area contributed by atoms with E-state index in [1.165, 1.54) is 11.5 Å². The Morgan fingerprint density at radius 2 is 2.27 bits per heavy atom. The molecule has 1 N–H and O–H groups in total. The molecule has 1 aromatic rings. The van der Waals surface area contributed by atoms with Crippen molar-refractivity contribution in [2.75, 3.05) is 18.5 Å². The first-order valence-electron chi connectivity index (χ1n) is 5.36. The molecule has 0 saturated carbocycles. The quantitative estimate of drug-likeness (QED) is 0.730. The van der Waals surface area contributed by atoms with Gasteiger partial charge in [0.15, 0.2) is 5.82 Å². The van der Waals surface area contributed by atoms with Crippen molar-refractivity contribution in [2.24, 2.45) is 5.92 Å². The van der Waals surface area contributed by atoms with Gasteiger partial charge in [-0.25, -0.2) is 4.98 Å². The summed E-state index contributed by atoms with van der Waals surface area (Å²) in [5.41, 5.74) is 0. The predicted octanol–water partition coefficient (Wildman–Crippen LogP) is 2.53. The zero-order valence-corrected chi connectivity index (χ0v) is 10.4. The van der Waals surface area contributed by atoms with Gasteiger partial charge in [-0.15, -0.1) is 0 Å². The summed E-state index contributed by atoms with van der Waals surface area (Å²) in [6, 6.07) is 0. The highest BCUT2D eigenvalue weighted by Crippen LogP contribution is 2.12. The highest BCUT2D eigenvalue weighted by molar-refractivity contribution is 7.09. The summed E-state index contributed by atoms with van der Waals surface area (Å²) in [6.07, 6.45) is 1.03. The molecule has 0 atom stereocenters. The van der Waals surface area contributed by atoms with Crippen molar-refractivity contribution in [1.29, 1.82) is 0 Å². The Labute approximate surface area is 95.2 Å². The number of nitrogens with zero attached hydrogens (tertiary/aromatic N) is 2. The van der Waals surface area contributed by atoms with E-state index in [2.05, 4.69) is 35.4 Å². The fourth-order valence-corrected chi connectivity index (χ4v) is 1.56. The Bertz CT molecular complexity index is 275. The van der Waals surface area contributed by atoms with Crippen LogP contribution in [0.1, 0.15) is 33.0 Å². The van der Waals surface area contributed by atoms with Crippen molar-refractivity contribution in [3.63, 3.8) is 0 Å². The van der Waals surface area contributed by atoms with Gasteiger partial charge in [0.2, 0.25) is 5.13 Å². The third kappa shape index (κ3) is 5.09. The van der Waals surface area contributed by atoms with Crippen LogP contribution in [0.5, 0.6) is 0 Å². The van der Waals surface area contributed by atoms with E-state index in [0.29, 0.717) is 12.5 Å². The summed E-state index contributed by atoms with van der Waals surface area (Å²) in [4.78, 5) is 4.33. The van der Waals surface area contributed by atoms with Gasteiger partial charge in [-0.05, 0) is 12.3 Å². The molecule has 4 nitrogen and oxygen atoms in total. The Kier molecular flexibility index (Phi) is 5.57. The van der Waals surface area contributed by atoms with Crippen LogP contribution in [-0.4, -0.2) is 22.5 Å². The average Bonchev–Trinajstić information content (AvgIpc) is 2.63. The minimum atomic E-state index is 0.522. The van der Waals surface area contributed by atoms with Crippen LogP contribution >= 0.6 is 11.5 Å². The molecular weight excluding hydrogens is 210 g/mol. The van der Waals surface area contributed by atoms with Crippen LogP contribution in [-0.2, 0) is 11.3 Å². The lowest BCUT2D eigenvalue weighted by Crippen LogP contribution is -2.07. The standard InChI is InChI=1S/C10H19N3OS/c1-4-5-14-7-9-12-10(15-13-9)11-6-8(2)3/h8H,4-7H2,1-3H3,(H,11,12,13). The van der Waals surface area contributed by atoms with Crippen LogP contribution < -0.4 is 5.32 Å². The first-order valence-corrected chi connectivity index (χ1v) is 6.14. The molecule has 0 aliphatic carbocycles. The number of hydrogen-bond donors (Lipinski definition) is 1. The molecule has 0 saturated heterocycles. The van der Waals surface area contributed by atoms with Crippen molar-refractivity contribution in [3.05, 3.63) is 5.82 Å². The Balaban J connectivity index is 2.29. The number of rotatable bonds is 7. The fourth-order valence-electron chi connectivity index (χ4n) is 0.984.